The Morgan fingerprint density at radius 1 is 1.17 bits per heavy atom. The minimum absolute atomic E-state index is 0.0108. The first-order valence-electron chi connectivity index (χ1n) is 7.28. The molecule has 0 fully saturated rings. The van der Waals surface area contributed by atoms with E-state index in [2.05, 4.69) is 14.2 Å². The minimum atomic E-state index is -1.31. The fourth-order valence-corrected chi connectivity index (χ4v) is 2.82. The average Bonchev–Trinajstić information content (AvgIpc) is 2.47. The maximum Gasteiger partial charge on any atom is 0.116 e. The van der Waals surface area contributed by atoms with Crippen molar-refractivity contribution in [3.63, 3.8) is 0 Å². The number of nitrogens with zero attached hydrogens (tertiary/aromatic N) is 1. The third-order valence-corrected chi connectivity index (χ3v) is 4.52. The Morgan fingerprint density at radius 2 is 1.74 bits per heavy atom. The zero-order valence-electron chi connectivity index (χ0n) is 13.5. The van der Waals surface area contributed by atoms with Crippen molar-refractivity contribution in [2.24, 2.45) is 5.73 Å². The molecule has 0 aliphatic carbocycles. The number of aromatic nitrogens is 1. The fourth-order valence-electron chi connectivity index (χ4n) is 2.19. The lowest BCUT2D eigenvalue weighted by Crippen LogP contribution is -2.33. The molecule has 1 aromatic heterocycles. The van der Waals surface area contributed by atoms with Gasteiger partial charge in [0.05, 0.1) is 22.0 Å². The van der Waals surface area contributed by atoms with E-state index in [1.54, 1.807) is 26.8 Å². The summed E-state index contributed by atoms with van der Waals surface area (Å²) in [4.78, 5) is 4.51. The van der Waals surface area contributed by atoms with Crippen LogP contribution in [-0.2, 0) is 11.2 Å². The molecule has 0 saturated heterocycles. The molecule has 0 radical (unpaired) electrons. The van der Waals surface area contributed by atoms with Gasteiger partial charge >= 0.3 is 0 Å². The van der Waals surface area contributed by atoms with Crippen LogP contribution in [0, 0.1) is 0 Å². The highest BCUT2D eigenvalue weighted by Gasteiger charge is 2.30. The molecule has 1 unspecified atom stereocenters. The number of halogens is 1. The third-order valence-electron chi connectivity index (χ3n) is 3.75. The van der Waals surface area contributed by atoms with Gasteiger partial charge in [-0.2, -0.15) is 0 Å². The molecule has 1 aromatic carbocycles. The second kappa shape index (κ2) is 6.46. The molecule has 0 spiro atoms. The second-order valence-electron chi connectivity index (χ2n) is 6.38. The van der Waals surface area contributed by atoms with Crippen molar-refractivity contribution >= 4 is 26.1 Å². The lowest BCUT2D eigenvalue weighted by molar-refractivity contribution is 0.0595. The number of benzene rings is 1. The average molecular weight is 353 g/mol. The van der Waals surface area contributed by atoms with Gasteiger partial charge in [-0.05, 0) is 32.1 Å². The summed E-state index contributed by atoms with van der Waals surface area (Å²) in [7, 11) is 2.62. The summed E-state index contributed by atoms with van der Waals surface area (Å²) in [5, 5.41) is 22.3. The molecule has 2 rings (SSSR count). The molecular formula is C17H22ClN2O2P. The molecule has 0 amide bonds. The zero-order chi connectivity index (χ0) is 17.4. The Labute approximate surface area is 143 Å². The van der Waals surface area contributed by atoms with E-state index in [1.807, 2.05) is 24.3 Å². The molecule has 4 nitrogen and oxygen atoms in total. The van der Waals surface area contributed by atoms with Crippen LogP contribution in [0.1, 0.15) is 32.0 Å². The van der Waals surface area contributed by atoms with Gasteiger partial charge in [0.15, 0.2) is 0 Å². The summed E-state index contributed by atoms with van der Waals surface area (Å²) >= 11 is 6.49. The van der Waals surface area contributed by atoms with Gasteiger partial charge in [-0.1, -0.05) is 35.9 Å². The van der Waals surface area contributed by atoms with Gasteiger partial charge in [0.2, 0.25) is 0 Å². The van der Waals surface area contributed by atoms with E-state index < -0.39 is 11.2 Å². The van der Waals surface area contributed by atoms with Crippen molar-refractivity contribution in [3.05, 3.63) is 46.6 Å². The predicted molar refractivity (Wildman–Crippen MR) is 97.9 cm³/mol. The molecule has 0 aliphatic heterocycles. The Balaban J connectivity index is 2.75. The van der Waals surface area contributed by atoms with Crippen LogP contribution in [0.15, 0.2) is 30.3 Å². The first-order chi connectivity index (χ1) is 10.6. The molecule has 23 heavy (non-hydrogen) atoms. The number of pyridine rings is 1. The molecule has 4 N–H and O–H groups in total. The molecule has 1 heterocycles. The van der Waals surface area contributed by atoms with Gasteiger partial charge in [0.1, 0.15) is 5.60 Å². The summed E-state index contributed by atoms with van der Waals surface area (Å²) in [6, 6.07) is 9.26. The van der Waals surface area contributed by atoms with E-state index in [0.717, 1.165) is 10.9 Å². The molecule has 0 bridgehead atoms. The van der Waals surface area contributed by atoms with E-state index >= 15 is 0 Å². The predicted octanol–water partition coefficient (Wildman–Crippen LogP) is 2.30. The number of hydrogen-bond donors (Lipinski definition) is 3. The van der Waals surface area contributed by atoms with Crippen LogP contribution in [0.3, 0.4) is 0 Å². The number of aliphatic hydroxyl groups is 2. The lowest BCUT2D eigenvalue weighted by atomic mass is 9.92. The minimum Gasteiger partial charge on any atom is -0.386 e. The van der Waals surface area contributed by atoms with E-state index in [4.69, 9.17) is 17.3 Å². The lowest BCUT2D eigenvalue weighted by Gasteiger charge is -2.26. The summed E-state index contributed by atoms with van der Waals surface area (Å²) in [5.41, 5.74) is 5.38. The standard InChI is InChI=1S/C17H22ClN2O2P/c1-16(2,21)12-8-13(17(3,22)9-19)20-15(14(12)18)10-4-6-11(23)7-5-10/h4-8,21-22H,9,19,23H2,1-3H3/t17-/m1/s1. The van der Waals surface area contributed by atoms with Crippen molar-refractivity contribution in [1.29, 1.82) is 0 Å². The highest BCUT2D eigenvalue weighted by molar-refractivity contribution is 7.27. The van der Waals surface area contributed by atoms with Crippen molar-refractivity contribution < 1.29 is 10.2 Å². The van der Waals surface area contributed by atoms with E-state index in [9.17, 15) is 10.2 Å². The maximum absolute atomic E-state index is 10.5. The van der Waals surface area contributed by atoms with Gasteiger partial charge in [-0.3, -0.25) is 0 Å². The quantitative estimate of drug-likeness (QED) is 0.738. The molecule has 0 aliphatic rings. The van der Waals surface area contributed by atoms with E-state index in [0.29, 0.717) is 22.0 Å². The van der Waals surface area contributed by atoms with Gasteiger partial charge in [0.25, 0.3) is 0 Å². The van der Waals surface area contributed by atoms with Gasteiger partial charge in [-0.25, -0.2) is 4.98 Å². The maximum atomic E-state index is 10.5. The fraction of sp³-hybridized carbons (Fsp3) is 0.353. The van der Waals surface area contributed by atoms with Crippen molar-refractivity contribution in [2.45, 2.75) is 32.0 Å². The molecule has 2 aromatic rings. The van der Waals surface area contributed by atoms with Crippen molar-refractivity contribution in [2.75, 3.05) is 6.54 Å². The number of hydrogen-bond acceptors (Lipinski definition) is 4. The van der Waals surface area contributed by atoms with Crippen molar-refractivity contribution in [3.8, 4) is 11.3 Å². The second-order valence-corrected chi connectivity index (χ2v) is 7.42. The van der Waals surface area contributed by atoms with Crippen LogP contribution in [-0.4, -0.2) is 21.7 Å². The SMILES string of the molecule is CC(C)(O)c1cc([C@](C)(O)CN)nc(-c2ccc(P)cc2)c1Cl. The van der Waals surface area contributed by atoms with Gasteiger partial charge < -0.3 is 15.9 Å². The number of rotatable bonds is 4. The Bertz CT molecular complexity index is 710. The van der Waals surface area contributed by atoms with Crippen LogP contribution in [0.4, 0.5) is 0 Å². The van der Waals surface area contributed by atoms with Crippen LogP contribution >= 0.6 is 20.8 Å². The van der Waals surface area contributed by atoms with Crippen LogP contribution in [0.5, 0.6) is 0 Å². The van der Waals surface area contributed by atoms with Crippen LogP contribution < -0.4 is 11.0 Å². The largest absolute Gasteiger partial charge is 0.386 e. The summed E-state index contributed by atoms with van der Waals surface area (Å²) in [6.07, 6.45) is 0. The molecule has 0 saturated carbocycles. The summed E-state index contributed by atoms with van der Waals surface area (Å²) < 4.78 is 0. The zero-order valence-corrected chi connectivity index (χ0v) is 15.4. The van der Waals surface area contributed by atoms with Crippen LogP contribution in [0.25, 0.3) is 11.3 Å². The highest BCUT2D eigenvalue weighted by Crippen LogP contribution is 2.37. The summed E-state index contributed by atoms with van der Waals surface area (Å²) in [5.74, 6) is 0. The molecule has 124 valence electrons. The van der Waals surface area contributed by atoms with E-state index in [1.165, 1.54) is 0 Å². The number of nitrogens with two attached hydrogens (primary N) is 1. The highest BCUT2D eigenvalue weighted by atomic mass is 35.5. The summed E-state index contributed by atoms with van der Waals surface area (Å²) in [6.45, 7) is 4.89. The molecule has 6 heteroatoms. The monoisotopic (exact) mass is 352 g/mol. The first kappa shape index (κ1) is 18.3. The molecular weight excluding hydrogens is 331 g/mol. The Kier molecular flexibility index (Phi) is 5.15. The van der Waals surface area contributed by atoms with Gasteiger partial charge in [-0.15, -0.1) is 9.24 Å². The van der Waals surface area contributed by atoms with E-state index in [-0.39, 0.29) is 6.54 Å². The van der Waals surface area contributed by atoms with Gasteiger partial charge in [0, 0.05) is 17.7 Å². The topological polar surface area (TPSA) is 79.4 Å². The van der Waals surface area contributed by atoms with Crippen molar-refractivity contribution in [1.82, 2.24) is 4.98 Å². The third kappa shape index (κ3) is 3.90. The normalized spacial score (nSPS) is 14.6. The Hall–Kier alpha value is -1.03. The molecule has 2 atom stereocenters. The first-order valence-corrected chi connectivity index (χ1v) is 8.24. The smallest absolute Gasteiger partial charge is 0.116 e. The van der Waals surface area contributed by atoms with Crippen LogP contribution in [0.2, 0.25) is 5.02 Å². The Morgan fingerprint density at radius 3 is 2.22 bits per heavy atom.